The molecule has 0 bridgehead atoms. The Morgan fingerprint density at radius 1 is 1.14 bits per heavy atom. The quantitative estimate of drug-likeness (QED) is 0.875. The Bertz CT molecular complexity index is 534. The molecule has 0 saturated carbocycles. The van der Waals surface area contributed by atoms with Gasteiger partial charge in [-0.1, -0.05) is 12.1 Å². The van der Waals surface area contributed by atoms with Gasteiger partial charge >= 0.3 is 0 Å². The third-order valence-electron chi connectivity index (χ3n) is 3.86. The van der Waals surface area contributed by atoms with Crippen LogP contribution < -0.4 is 10.2 Å². The highest BCUT2D eigenvalue weighted by molar-refractivity contribution is 7.90. The van der Waals surface area contributed by atoms with Crippen molar-refractivity contribution < 1.29 is 8.42 Å². The third kappa shape index (κ3) is 5.67. The highest BCUT2D eigenvalue weighted by atomic mass is 32.2. The van der Waals surface area contributed by atoms with Crippen molar-refractivity contribution in [3.63, 3.8) is 0 Å². The Balaban J connectivity index is 1.84. The number of nitrogens with zero attached hydrogens (tertiary/aromatic N) is 1. The summed E-state index contributed by atoms with van der Waals surface area (Å²) < 4.78 is 22.5. The van der Waals surface area contributed by atoms with E-state index in [1.54, 1.807) is 0 Å². The molecular formula is C16H26N2O2S. The fourth-order valence-electron chi connectivity index (χ4n) is 2.78. The van der Waals surface area contributed by atoms with E-state index in [9.17, 15) is 8.42 Å². The van der Waals surface area contributed by atoms with Crippen LogP contribution in [0.5, 0.6) is 0 Å². The molecule has 0 aromatic heterocycles. The van der Waals surface area contributed by atoms with Crippen molar-refractivity contribution in [2.45, 2.75) is 38.8 Å². The summed E-state index contributed by atoms with van der Waals surface area (Å²) in [5.74, 6) is 0.179. The van der Waals surface area contributed by atoms with Crippen molar-refractivity contribution in [2.24, 2.45) is 0 Å². The molecule has 1 fully saturated rings. The third-order valence-corrected chi connectivity index (χ3v) is 4.97. The highest BCUT2D eigenvalue weighted by Gasteiger charge is 2.11. The summed E-state index contributed by atoms with van der Waals surface area (Å²) >= 11 is 0. The average Bonchev–Trinajstić information content (AvgIpc) is 2.45. The zero-order chi connectivity index (χ0) is 15.3. The van der Waals surface area contributed by atoms with E-state index in [4.69, 9.17) is 0 Å². The van der Waals surface area contributed by atoms with Gasteiger partial charge in [0.1, 0.15) is 9.84 Å². The first-order valence-electron chi connectivity index (χ1n) is 7.69. The van der Waals surface area contributed by atoms with Gasteiger partial charge in [-0.15, -0.1) is 0 Å². The molecule has 0 radical (unpaired) electrons. The normalized spacial score (nSPS) is 17.7. The summed E-state index contributed by atoms with van der Waals surface area (Å²) in [6.45, 7) is 4.92. The maximum absolute atomic E-state index is 11.2. The molecule has 1 aromatic rings. The van der Waals surface area contributed by atoms with Crippen molar-refractivity contribution in [1.82, 2.24) is 5.32 Å². The van der Waals surface area contributed by atoms with Gasteiger partial charge in [-0.2, -0.15) is 0 Å². The standard InChI is InChI=1S/C16H26N2O2S/c1-14(13-21(2,19)20)17-12-15-6-8-16(9-7-15)18-10-4-3-5-11-18/h6-9,14,17H,3-5,10-13H2,1-2H3. The predicted octanol–water partition coefficient (Wildman–Crippen LogP) is 2.20. The summed E-state index contributed by atoms with van der Waals surface area (Å²) in [5, 5.41) is 3.26. The smallest absolute Gasteiger partial charge is 0.148 e. The molecule has 2 rings (SSSR count). The maximum Gasteiger partial charge on any atom is 0.148 e. The Hall–Kier alpha value is -1.07. The van der Waals surface area contributed by atoms with Crippen LogP contribution in [0.4, 0.5) is 5.69 Å². The summed E-state index contributed by atoms with van der Waals surface area (Å²) in [5.41, 5.74) is 2.48. The molecule has 118 valence electrons. The molecule has 1 saturated heterocycles. The van der Waals surface area contributed by atoms with Gasteiger partial charge in [0.05, 0.1) is 5.75 Å². The number of nitrogens with one attached hydrogen (secondary N) is 1. The van der Waals surface area contributed by atoms with Crippen LogP contribution in [0.1, 0.15) is 31.7 Å². The number of hydrogen-bond acceptors (Lipinski definition) is 4. The van der Waals surface area contributed by atoms with Crippen LogP contribution in [0.2, 0.25) is 0 Å². The van der Waals surface area contributed by atoms with Gasteiger partial charge in [-0.3, -0.25) is 0 Å². The Labute approximate surface area is 128 Å². The molecular weight excluding hydrogens is 284 g/mol. The predicted molar refractivity (Wildman–Crippen MR) is 88.5 cm³/mol. The lowest BCUT2D eigenvalue weighted by molar-refractivity contribution is 0.560. The minimum Gasteiger partial charge on any atom is -0.372 e. The summed E-state index contributed by atoms with van der Waals surface area (Å²) in [4.78, 5) is 2.44. The lowest BCUT2D eigenvalue weighted by Crippen LogP contribution is -2.32. The van der Waals surface area contributed by atoms with Gasteiger partial charge in [-0.05, 0) is 43.9 Å². The number of rotatable bonds is 6. The summed E-state index contributed by atoms with van der Waals surface area (Å²) in [6.07, 6.45) is 5.19. The van der Waals surface area contributed by atoms with Crippen LogP contribution in [0, 0.1) is 0 Å². The van der Waals surface area contributed by atoms with E-state index in [1.807, 2.05) is 6.92 Å². The van der Waals surface area contributed by atoms with Crippen molar-refractivity contribution in [1.29, 1.82) is 0 Å². The van der Waals surface area contributed by atoms with E-state index in [1.165, 1.54) is 36.8 Å². The van der Waals surface area contributed by atoms with Crippen LogP contribution in [0.3, 0.4) is 0 Å². The van der Waals surface area contributed by atoms with E-state index in [0.29, 0.717) is 6.54 Å². The molecule has 0 aliphatic carbocycles. The summed E-state index contributed by atoms with van der Waals surface area (Å²) in [6, 6.07) is 8.57. The molecule has 4 nitrogen and oxygen atoms in total. The van der Waals surface area contributed by atoms with E-state index in [-0.39, 0.29) is 11.8 Å². The number of piperidine rings is 1. The van der Waals surface area contributed by atoms with Crippen molar-refractivity contribution in [3.8, 4) is 0 Å². The van der Waals surface area contributed by atoms with Gasteiger partial charge in [0.15, 0.2) is 0 Å². The molecule has 1 N–H and O–H groups in total. The number of hydrogen-bond donors (Lipinski definition) is 1. The molecule has 1 aromatic carbocycles. The van der Waals surface area contributed by atoms with Gasteiger partial charge in [0.25, 0.3) is 0 Å². The molecule has 21 heavy (non-hydrogen) atoms. The van der Waals surface area contributed by atoms with Gasteiger partial charge in [0.2, 0.25) is 0 Å². The van der Waals surface area contributed by atoms with Crippen LogP contribution in [-0.2, 0) is 16.4 Å². The average molecular weight is 310 g/mol. The van der Waals surface area contributed by atoms with Crippen LogP contribution in [0.25, 0.3) is 0 Å². The van der Waals surface area contributed by atoms with Crippen LogP contribution in [0.15, 0.2) is 24.3 Å². The van der Waals surface area contributed by atoms with E-state index >= 15 is 0 Å². The molecule has 0 amide bonds. The van der Waals surface area contributed by atoms with E-state index < -0.39 is 9.84 Å². The second-order valence-electron chi connectivity index (χ2n) is 6.09. The van der Waals surface area contributed by atoms with Crippen LogP contribution in [-0.4, -0.2) is 39.6 Å². The SMILES string of the molecule is CC(CS(C)(=O)=O)NCc1ccc(N2CCCCC2)cc1. The largest absolute Gasteiger partial charge is 0.372 e. The van der Waals surface area contributed by atoms with E-state index in [2.05, 4.69) is 34.5 Å². The van der Waals surface area contributed by atoms with Crippen molar-refractivity contribution in [3.05, 3.63) is 29.8 Å². The zero-order valence-electron chi connectivity index (χ0n) is 13.0. The van der Waals surface area contributed by atoms with E-state index in [0.717, 1.165) is 13.1 Å². The second-order valence-corrected chi connectivity index (χ2v) is 8.27. The topological polar surface area (TPSA) is 49.4 Å². The van der Waals surface area contributed by atoms with Gasteiger partial charge in [-0.25, -0.2) is 8.42 Å². The first-order chi connectivity index (χ1) is 9.94. The van der Waals surface area contributed by atoms with Crippen molar-refractivity contribution in [2.75, 3.05) is 30.0 Å². The molecule has 1 heterocycles. The lowest BCUT2D eigenvalue weighted by atomic mass is 10.1. The lowest BCUT2D eigenvalue weighted by Gasteiger charge is -2.28. The zero-order valence-corrected chi connectivity index (χ0v) is 13.8. The second kappa shape index (κ2) is 7.27. The molecule has 1 aliphatic rings. The molecule has 1 atom stereocenters. The Morgan fingerprint density at radius 2 is 1.76 bits per heavy atom. The highest BCUT2D eigenvalue weighted by Crippen LogP contribution is 2.20. The molecule has 1 unspecified atom stereocenters. The van der Waals surface area contributed by atoms with Gasteiger partial charge < -0.3 is 10.2 Å². The first-order valence-corrected chi connectivity index (χ1v) is 9.75. The monoisotopic (exact) mass is 310 g/mol. The van der Waals surface area contributed by atoms with Crippen LogP contribution >= 0.6 is 0 Å². The minimum absolute atomic E-state index is 0.0261. The fourth-order valence-corrected chi connectivity index (χ4v) is 3.81. The van der Waals surface area contributed by atoms with Crippen molar-refractivity contribution >= 4 is 15.5 Å². The fraction of sp³-hybridized carbons (Fsp3) is 0.625. The maximum atomic E-state index is 11.2. The summed E-state index contributed by atoms with van der Waals surface area (Å²) in [7, 11) is -2.92. The molecule has 5 heteroatoms. The Kier molecular flexibility index (Phi) is 5.65. The number of benzene rings is 1. The molecule has 1 aliphatic heterocycles. The Morgan fingerprint density at radius 3 is 2.33 bits per heavy atom. The number of anilines is 1. The van der Waals surface area contributed by atoms with Gasteiger partial charge in [0, 0.05) is 37.6 Å². The first kappa shape index (κ1) is 16.3. The minimum atomic E-state index is -2.92. The molecule has 0 spiro atoms. The number of sulfone groups is 1.